The molecule has 1 aliphatic rings. The van der Waals surface area contributed by atoms with Crippen molar-refractivity contribution in [2.24, 2.45) is 11.7 Å². The zero-order valence-corrected chi connectivity index (χ0v) is 11.2. The van der Waals surface area contributed by atoms with Gasteiger partial charge < -0.3 is 10.6 Å². The summed E-state index contributed by atoms with van der Waals surface area (Å²) in [5, 5.41) is 0. The minimum Gasteiger partial charge on any atom is -0.340 e. The van der Waals surface area contributed by atoms with Crippen LogP contribution in [0.5, 0.6) is 0 Å². The van der Waals surface area contributed by atoms with Crippen LogP contribution in [0.4, 0.5) is 13.2 Å². The van der Waals surface area contributed by atoms with E-state index in [-0.39, 0.29) is 19.0 Å². The normalized spacial score (nSPS) is 19.5. The highest BCUT2D eigenvalue weighted by molar-refractivity contribution is 5.76. The molecule has 2 N–H and O–H groups in total. The number of nitrogens with two attached hydrogens (primary N) is 1. The van der Waals surface area contributed by atoms with Gasteiger partial charge in [-0.25, -0.2) is 0 Å². The number of rotatable bonds is 5. The molecule has 1 aliphatic heterocycles. The van der Waals surface area contributed by atoms with Crippen molar-refractivity contribution >= 4 is 5.91 Å². The maximum absolute atomic E-state index is 12.2. The molecular formula is C12H22F3N3O. The van der Waals surface area contributed by atoms with Crippen LogP contribution in [0.15, 0.2) is 0 Å². The van der Waals surface area contributed by atoms with Gasteiger partial charge in [-0.1, -0.05) is 6.92 Å². The third-order valence-electron chi connectivity index (χ3n) is 3.38. The molecule has 0 aromatic carbocycles. The zero-order chi connectivity index (χ0) is 14.5. The second kappa shape index (κ2) is 7.09. The Kier molecular flexibility index (Phi) is 6.06. The second-order valence-electron chi connectivity index (χ2n) is 5.15. The molecule has 0 radical (unpaired) electrons. The summed E-state index contributed by atoms with van der Waals surface area (Å²) >= 11 is 0. The lowest BCUT2D eigenvalue weighted by molar-refractivity contribution is -0.151. The Labute approximate surface area is 111 Å². The molecule has 1 amide bonds. The fourth-order valence-electron chi connectivity index (χ4n) is 2.05. The van der Waals surface area contributed by atoms with E-state index >= 15 is 0 Å². The Morgan fingerprint density at radius 3 is 2.32 bits per heavy atom. The van der Waals surface area contributed by atoms with Crippen LogP contribution < -0.4 is 5.73 Å². The number of carbonyl (C=O) groups is 1. The topological polar surface area (TPSA) is 49.6 Å². The average Bonchev–Trinajstić information content (AvgIpc) is 2.34. The summed E-state index contributed by atoms with van der Waals surface area (Å²) < 4.78 is 36.6. The molecular weight excluding hydrogens is 259 g/mol. The number of hydrogen-bond donors (Lipinski definition) is 1. The van der Waals surface area contributed by atoms with E-state index in [2.05, 4.69) is 0 Å². The molecule has 1 heterocycles. The van der Waals surface area contributed by atoms with Crippen molar-refractivity contribution in [3.8, 4) is 0 Å². The van der Waals surface area contributed by atoms with E-state index in [4.69, 9.17) is 5.73 Å². The summed E-state index contributed by atoms with van der Waals surface area (Å²) in [5.74, 6) is 0.322. The minimum atomic E-state index is -4.16. The minimum absolute atomic E-state index is 0.0203. The Balaban J connectivity index is 2.27. The molecule has 1 atom stereocenters. The molecule has 0 bridgehead atoms. The van der Waals surface area contributed by atoms with Gasteiger partial charge in [0.1, 0.15) is 0 Å². The van der Waals surface area contributed by atoms with Crippen molar-refractivity contribution in [3.63, 3.8) is 0 Å². The number of halogens is 3. The number of carbonyl (C=O) groups excluding carboxylic acids is 1. The number of piperazine rings is 1. The summed E-state index contributed by atoms with van der Waals surface area (Å²) in [4.78, 5) is 14.8. The third-order valence-corrected chi connectivity index (χ3v) is 3.38. The molecule has 7 heteroatoms. The molecule has 0 aromatic heterocycles. The molecule has 0 spiro atoms. The van der Waals surface area contributed by atoms with Gasteiger partial charge in [0.15, 0.2) is 0 Å². The van der Waals surface area contributed by atoms with Gasteiger partial charge in [-0.2, -0.15) is 13.2 Å². The van der Waals surface area contributed by atoms with Crippen molar-refractivity contribution in [3.05, 3.63) is 0 Å². The van der Waals surface area contributed by atoms with Crippen molar-refractivity contribution in [1.29, 1.82) is 0 Å². The van der Waals surface area contributed by atoms with Crippen molar-refractivity contribution < 1.29 is 18.0 Å². The summed E-state index contributed by atoms with van der Waals surface area (Å²) in [6.45, 7) is 2.98. The molecule has 1 saturated heterocycles. The Hall–Kier alpha value is -0.820. The van der Waals surface area contributed by atoms with Crippen molar-refractivity contribution in [1.82, 2.24) is 9.80 Å². The number of amides is 1. The largest absolute Gasteiger partial charge is 0.401 e. The SMILES string of the molecule is CC(CN)CCC(=O)N1CCN(CC(F)(F)F)CC1. The molecule has 19 heavy (non-hydrogen) atoms. The molecule has 4 nitrogen and oxygen atoms in total. The van der Waals surface area contributed by atoms with E-state index < -0.39 is 12.7 Å². The quantitative estimate of drug-likeness (QED) is 0.820. The summed E-state index contributed by atoms with van der Waals surface area (Å²) in [6, 6.07) is 0. The fraction of sp³-hybridized carbons (Fsp3) is 0.917. The highest BCUT2D eigenvalue weighted by atomic mass is 19.4. The number of hydrogen-bond acceptors (Lipinski definition) is 3. The second-order valence-corrected chi connectivity index (χ2v) is 5.15. The summed E-state index contributed by atoms with van der Waals surface area (Å²) in [5.41, 5.74) is 5.48. The lowest BCUT2D eigenvalue weighted by Crippen LogP contribution is -2.50. The van der Waals surface area contributed by atoms with E-state index in [1.807, 2.05) is 6.92 Å². The van der Waals surface area contributed by atoms with Crippen LogP contribution >= 0.6 is 0 Å². The third kappa shape index (κ3) is 6.24. The molecule has 112 valence electrons. The van der Waals surface area contributed by atoms with Crippen LogP contribution in [0.25, 0.3) is 0 Å². The lowest BCUT2D eigenvalue weighted by Gasteiger charge is -2.35. The first-order valence-corrected chi connectivity index (χ1v) is 6.59. The molecule has 0 saturated carbocycles. The van der Waals surface area contributed by atoms with Crippen LogP contribution in [0.3, 0.4) is 0 Å². The van der Waals surface area contributed by atoms with Gasteiger partial charge in [0, 0.05) is 32.6 Å². The highest BCUT2D eigenvalue weighted by Crippen LogP contribution is 2.18. The van der Waals surface area contributed by atoms with Crippen LogP contribution in [-0.4, -0.2) is 61.2 Å². The predicted octanol–water partition coefficient (Wildman–Crippen LogP) is 1.07. The first-order valence-electron chi connectivity index (χ1n) is 6.59. The first kappa shape index (κ1) is 16.2. The van der Waals surface area contributed by atoms with E-state index in [1.165, 1.54) is 4.90 Å². The first-order chi connectivity index (χ1) is 8.81. The maximum Gasteiger partial charge on any atom is 0.401 e. The summed E-state index contributed by atoms with van der Waals surface area (Å²) in [7, 11) is 0. The van der Waals surface area contributed by atoms with Crippen LogP contribution in [0.1, 0.15) is 19.8 Å². The van der Waals surface area contributed by atoms with E-state index in [1.54, 1.807) is 4.90 Å². The number of nitrogens with zero attached hydrogens (tertiary/aromatic N) is 2. The molecule has 1 fully saturated rings. The van der Waals surface area contributed by atoms with Crippen LogP contribution in [0, 0.1) is 5.92 Å². The van der Waals surface area contributed by atoms with Crippen molar-refractivity contribution in [2.45, 2.75) is 25.9 Å². The molecule has 1 rings (SSSR count). The average molecular weight is 281 g/mol. The lowest BCUT2D eigenvalue weighted by atomic mass is 10.1. The monoisotopic (exact) mass is 281 g/mol. The van der Waals surface area contributed by atoms with Gasteiger partial charge in [0.25, 0.3) is 0 Å². The van der Waals surface area contributed by atoms with Gasteiger partial charge in [-0.15, -0.1) is 0 Å². The van der Waals surface area contributed by atoms with Crippen LogP contribution in [-0.2, 0) is 4.79 Å². The Morgan fingerprint density at radius 2 is 1.84 bits per heavy atom. The van der Waals surface area contributed by atoms with Crippen LogP contribution in [0.2, 0.25) is 0 Å². The maximum atomic E-state index is 12.2. The predicted molar refractivity (Wildman–Crippen MR) is 66.5 cm³/mol. The summed E-state index contributed by atoms with van der Waals surface area (Å²) in [6.07, 6.45) is -3.00. The van der Waals surface area contributed by atoms with Gasteiger partial charge >= 0.3 is 6.18 Å². The number of alkyl halides is 3. The van der Waals surface area contributed by atoms with Gasteiger partial charge in [-0.3, -0.25) is 9.69 Å². The molecule has 1 unspecified atom stereocenters. The van der Waals surface area contributed by atoms with Crippen molar-refractivity contribution in [2.75, 3.05) is 39.3 Å². The van der Waals surface area contributed by atoms with Gasteiger partial charge in [0.05, 0.1) is 6.54 Å². The van der Waals surface area contributed by atoms with E-state index in [0.717, 1.165) is 6.42 Å². The molecule has 0 aliphatic carbocycles. The molecule has 0 aromatic rings. The Bertz CT molecular complexity index is 288. The van der Waals surface area contributed by atoms with E-state index in [0.29, 0.717) is 32.0 Å². The standard InChI is InChI=1S/C12H22F3N3O/c1-10(8-16)2-3-11(19)18-6-4-17(5-7-18)9-12(13,14)15/h10H,2-9,16H2,1H3. The van der Waals surface area contributed by atoms with Gasteiger partial charge in [0.2, 0.25) is 5.91 Å². The van der Waals surface area contributed by atoms with E-state index in [9.17, 15) is 18.0 Å². The van der Waals surface area contributed by atoms with Gasteiger partial charge in [-0.05, 0) is 18.9 Å². The zero-order valence-electron chi connectivity index (χ0n) is 11.2. The highest BCUT2D eigenvalue weighted by Gasteiger charge is 2.32. The smallest absolute Gasteiger partial charge is 0.340 e. The fourth-order valence-corrected chi connectivity index (χ4v) is 2.05. The Morgan fingerprint density at radius 1 is 1.26 bits per heavy atom.